The molecule has 2 aromatic heterocycles. The van der Waals surface area contributed by atoms with Gasteiger partial charge in [-0.05, 0) is 35.8 Å². The van der Waals surface area contributed by atoms with Crippen molar-refractivity contribution in [3.05, 3.63) is 22.4 Å². The molecule has 0 fully saturated rings. The third-order valence-corrected chi connectivity index (χ3v) is 2.64. The summed E-state index contributed by atoms with van der Waals surface area (Å²) in [7, 11) is 0. The van der Waals surface area contributed by atoms with Crippen LogP contribution in [0.25, 0.3) is 11.0 Å². The highest BCUT2D eigenvalue weighted by Gasteiger charge is 2.14. The first-order chi connectivity index (χ1) is 7.49. The van der Waals surface area contributed by atoms with Gasteiger partial charge in [-0.15, -0.1) is 0 Å². The molecule has 0 amide bonds. The molecule has 0 saturated carbocycles. The molecule has 0 bridgehead atoms. The Hall–Kier alpha value is -1.43. The molecule has 5 nitrogen and oxygen atoms in total. The third kappa shape index (κ3) is 1.80. The fourth-order valence-electron chi connectivity index (χ4n) is 1.43. The highest BCUT2D eigenvalue weighted by Crippen LogP contribution is 2.21. The lowest BCUT2D eigenvalue weighted by Gasteiger charge is -2.01. The standard InChI is InChI=1S/C10H10BrN3O2/c1-5(2)14-4-7-6(10(15)16)3-8(11)12-9(7)13-14/h3-5H,1-2H3,(H,15,16). The number of fused-ring (bicyclic) bond motifs is 1. The van der Waals surface area contributed by atoms with Gasteiger partial charge in [0.2, 0.25) is 0 Å². The molecule has 0 aliphatic rings. The molecular formula is C10H10BrN3O2. The maximum atomic E-state index is 11.1. The summed E-state index contributed by atoms with van der Waals surface area (Å²) in [4.78, 5) is 15.2. The normalized spacial score (nSPS) is 11.2. The van der Waals surface area contributed by atoms with Crippen molar-refractivity contribution in [2.45, 2.75) is 19.9 Å². The number of carbonyl (C=O) groups is 1. The van der Waals surface area contributed by atoms with Gasteiger partial charge in [-0.25, -0.2) is 9.78 Å². The highest BCUT2D eigenvalue weighted by molar-refractivity contribution is 9.10. The molecule has 84 valence electrons. The van der Waals surface area contributed by atoms with Crippen LogP contribution in [0, 0.1) is 0 Å². The van der Waals surface area contributed by atoms with Crippen LogP contribution in [-0.4, -0.2) is 25.8 Å². The zero-order valence-corrected chi connectivity index (χ0v) is 10.4. The lowest BCUT2D eigenvalue weighted by molar-refractivity contribution is 0.0699. The van der Waals surface area contributed by atoms with Crippen LogP contribution >= 0.6 is 15.9 Å². The Kier molecular flexibility index (Phi) is 2.67. The molecule has 0 saturated heterocycles. The zero-order chi connectivity index (χ0) is 11.9. The lowest BCUT2D eigenvalue weighted by Crippen LogP contribution is -2.00. The maximum absolute atomic E-state index is 11.1. The van der Waals surface area contributed by atoms with Gasteiger partial charge >= 0.3 is 5.97 Å². The molecule has 0 spiro atoms. The van der Waals surface area contributed by atoms with Crippen LogP contribution in [0.4, 0.5) is 0 Å². The number of carboxylic acids is 1. The number of carboxylic acid groups (broad SMARTS) is 1. The second kappa shape index (κ2) is 3.86. The van der Waals surface area contributed by atoms with Crippen LogP contribution in [-0.2, 0) is 0 Å². The molecule has 2 rings (SSSR count). The summed E-state index contributed by atoms with van der Waals surface area (Å²) in [6.45, 7) is 3.95. The largest absolute Gasteiger partial charge is 0.478 e. The first-order valence-electron chi connectivity index (χ1n) is 4.77. The molecule has 1 N–H and O–H groups in total. The second-order valence-corrected chi connectivity index (χ2v) is 4.55. The van der Waals surface area contributed by atoms with E-state index in [1.165, 1.54) is 6.07 Å². The Bertz CT molecular complexity index is 562. The van der Waals surface area contributed by atoms with Crippen LogP contribution in [0.2, 0.25) is 0 Å². The molecule has 0 unspecified atom stereocenters. The molecular weight excluding hydrogens is 274 g/mol. The smallest absolute Gasteiger partial charge is 0.336 e. The van der Waals surface area contributed by atoms with Crippen LogP contribution in [0.15, 0.2) is 16.9 Å². The second-order valence-electron chi connectivity index (χ2n) is 3.74. The number of aromatic nitrogens is 3. The van der Waals surface area contributed by atoms with Crippen molar-refractivity contribution in [1.82, 2.24) is 14.8 Å². The molecule has 0 aromatic carbocycles. The minimum Gasteiger partial charge on any atom is -0.478 e. The van der Waals surface area contributed by atoms with Crippen molar-refractivity contribution in [2.75, 3.05) is 0 Å². The Labute approximate surface area is 100 Å². The Balaban J connectivity index is 2.75. The molecule has 6 heteroatoms. The van der Waals surface area contributed by atoms with E-state index in [0.717, 1.165) is 0 Å². The van der Waals surface area contributed by atoms with E-state index in [1.807, 2.05) is 13.8 Å². The van der Waals surface area contributed by atoms with Gasteiger partial charge in [0, 0.05) is 12.2 Å². The predicted molar refractivity (Wildman–Crippen MR) is 62.6 cm³/mol. The van der Waals surface area contributed by atoms with Crippen molar-refractivity contribution < 1.29 is 9.90 Å². The van der Waals surface area contributed by atoms with Gasteiger partial charge in [0.1, 0.15) is 4.60 Å². The molecule has 0 aliphatic carbocycles. The summed E-state index contributed by atoms with van der Waals surface area (Å²) in [5, 5.41) is 13.9. The SMILES string of the molecule is CC(C)n1cc2c(C(=O)O)cc(Br)nc2n1. The molecule has 16 heavy (non-hydrogen) atoms. The quantitative estimate of drug-likeness (QED) is 0.860. The van der Waals surface area contributed by atoms with Gasteiger partial charge in [0.05, 0.1) is 10.9 Å². The number of nitrogens with zero attached hydrogens (tertiary/aromatic N) is 3. The number of hydrogen-bond acceptors (Lipinski definition) is 3. The summed E-state index contributed by atoms with van der Waals surface area (Å²) in [5.74, 6) is -0.976. The number of hydrogen-bond donors (Lipinski definition) is 1. The summed E-state index contributed by atoms with van der Waals surface area (Å²) in [5.41, 5.74) is 0.657. The first-order valence-corrected chi connectivity index (χ1v) is 5.57. The van der Waals surface area contributed by atoms with E-state index in [-0.39, 0.29) is 11.6 Å². The van der Waals surface area contributed by atoms with Crippen LogP contribution in [0.5, 0.6) is 0 Å². The van der Waals surface area contributed by atoms with Crippen LogP contribution in [0.3, 0.4) is 0 Å². The van der Waals surface area contributed by atoms with E-state index in [0.29, 0.717) is 15.6 Å². The van der Waals surface area contributed by atoms with Crippen LogP contribution in [0.1, 0.15) is 30.2 Å². The van der Waals surface area contributed by atoms with Gasteiger partial charge in [0.15, 0.2) is 5.65 Å². The molecule has 2 aromatic rings. The maximum Gasteiger partial charge on any atom is 0.336 e. The van der Waals surface area contributed by atoms with Crippen LogP contribution < -0.4 is 0 Å². The fraction of sp³-hybridized carbons (Fsp3) is 0.300. The van der Waals surface area contributed by atoms with E-state index >= 15 is 0 Å². The first kappa shape index (κ1) is 11.1. The summed E-state index contributed by atoms with van der Waals surface area (Å²) in [6, 6.07) is 1.66. The Morgan fingerprint density at radius 1 is 1.56 bits per heavy atom. The van der Waals surface area contributed by atoms with E-state index < -0.39 is 5.97 Å². The minimum atomic E-state index is -0.976. The molecule has 2 heterocycles. The summed E-state index contributed by atoms with van der Waals surface area (Å²) >= 11 is 3.17. The Morgan fingerprint density at radius 3 is 2.81 bits per heavy atom. The average molecular weight is 284 g/mol. The predicted octanol–water partition coefficient (Wildman–Crippen LogP) is 2.47. The average Bonchev–Trinajstić information content (AvgIpc) is 2.59. The lowest BCUT2D eigenvalue weighted by atomic mass is 10.2. The van der Waals surface area contributed by atoms with Crippen molar-refractivity contribution in [2.24, 2.45) is 0 Å². The van der Waals surface area contributed by atoms with Gasteiger partial charge in [-0.3, -0.25) is 4.68 Å². The highest BCUT2D eigenvalue weighted by atomic mass is 79.9. The Morgan fingerprint density at radius 2 is 2.25 bits per heavy atom. The molecule has 0 aliphatic heterocycles. The molecule has 0 radical (unpaired) electrons. The van der Waals surface area contributed by atoms with Crippen molar-refractivity contribution >= 4 is 32.9 Å². The van der Waals surface area contributed by atoms with Gasteiger partial charge in [-0.1, -0.05) is 0 Å². The summed E-state index contributed by atoms with van der Waals surface area (Å²) < 4.78 is 2.18. The van der Waals surface area contributed by atoms with Gasteiger partial charge in [-0.2, -0.15) is 5.10 Å². The minimum absolute atomic E-state index is 0.176. The van der Waals surface area contributed by atoms with E-state index in [2.05, 4.69) is 26.0 Å². The molecule has 0 atom stereocenters. The number of halogens is 1. The van der Waals surface area contributed by atoms with E-state index in [4.69, 9.17) is 5.11 Å². The van der Waals surface area contributed by atoms with E-state index in [9.17, 15) is 4.79 Å². The monoisotopic (exact) mass is 283 g/mol. The fourth-order valence-corrected chi connectivity index (χ4v) is 1.82. The van der Waals surface area contributed by atoms with Crippen molar-refractivity contribution in [3.63, 3.8) is 0 Å². The van der Waals surface area contributed by atoms with E-state index in [1.54, 1.807) is 10.9 Å². The van der Waals surface area contributed by atoms with Crippen molar-refractivity contribution in [1.29, 1.82) is 0 Å². The third-order valence-electron chi connectivity index (χ3n) is 2.24. The number of pyridine rings is 1. The zero-order valence-electron chi connectivity index (χ0n) is 8.81. The van der Waals surface area contributed by atoms with Gasteiger partial charge in [0.25, 0.3) is 0 Å². The van der Waals surface area contributed by atoms with Gasteiger partial charge < -0.3 is 5.11 Å². The summed E-state index contributed by atoms with van der Waals surface area (Å²) in [6.07, 6.45) is 1.71. The number of rotatable bonds is 2. The van der Waals surface area contributed by atoms with Crippen molar-refractivity contribution in [3.8, 4) is 0 Å². The topological polar surface area (TPSA) is 68.0 Å². The number of aromatic carboxylic acids is 1.